The second-order valence-corrected chi connectivity index (χ2v) is 15.0. The molecule has 0 fully saturated rings. The van der Waals surface area contributed by atoms with Gasteiger partial charge in [-0.15, -0.1) is 0 Å². The van der Waals surface area contributed by atoms with Crippen LogP contribution >= 0.6 is 7.14 Å². The minimum Gasteiger partial charge on any atom is -0.309 e. The smallest absolute Gasteiger partial charge is 0.296 e. The Balaban J connectivity index is 1.31. The van der Waals surface area contributed by atoms with Gasteiger partial charge in [-0.25, -0.2) is 15.0 Å². The van der Waals surface area contributed by atoms with Crippen LogP contribution in [0.5, 0.6) is 0 Å². The van der Waals surface area contributed by atoms with Crippen LogP contribution in [0.1, 0.15) is 24.5 Å². The molecule has 48 heavy (non-hydrogen) atoms. The molecule has 0 saturated heterocycles. The lowest BCUT2D eigenvalue weighted by atomic mass is 9.87. The number of rotatable bonds is 6. The number of aromatic nitrogens is 3. The number of alkyl halides is 2. The number of nitrogens with zero attached hydrogens (tertiary/aromatic N) is 3. The van der Waals surface area contributed by atoms with E-state index < -0.39 is 19.0 Å². The van der Waals surface area contributed by atoms with Gasteiger partial charge in [0.05, 0.1) is 0 Å². The molecule has 2 aliphatic rings. The third-order valence-corrected chi connectivity index (χ3v) is 12.4. The number of allylic oxidation sites excluding steroid dienone is 4. The number of benzene rings is 5. The maximum atomic E-state index is 16.3. The fraction of sp³-hybridized carbons (Fsp3) is 0.0976. The molecule has 6 aromatic rings. The zero-order valence-corrected chi connectivity index (χ0v) is 27.0. The van der Waals surface area contributed by atoms with Gasteiger partial charge in [0.25, 0.3) is 5.92 Å². The highest BCUT2D eigenvalue weighted by molar-refractivity contribution is 7.82. The van der Waals surface area contributed by atoms with Crippen molar-refractivity contribution in [3.05, 3.63) is 168 Å². The quantitative estimate of drug-likeness (QED) is 0.169. The predicted octanol–water partition coefficient (Wildman–Crippen LogP) is 9.67. The van der Waals surface area contributed by atoms with Gasteiger partial charge in [-0.3, -0.25) is 0 Å². The van der Waals surface area contributed by atoms with Crippen LogP contribution in [0, 0.1) is 5.92 Å². The molecular weight excluding hydrogens is 619 g/mol. The molecule has 4 nitrogen and oxygen atoms in total. The molecule has 1 heterocycles. The van der Waals surface area contributed by atoms with Crippen molar-refractivity contribution in [2.24, 2.45) is 5.92 Å². The van der Waals surface area contributed by atoms with Crippen LogP contribution in [0.4, 0.5) is 8.78 Å². The second-order valence-electron chi connectivity index (χ2n) is 12.2. The van der Waals surface area contributed by atoms with Gasteiger partial charge < -0.3 is 4.57 Å². The first-order chi connectivity index (χ1) is 23.3. The van der Waals surface area contributed by atoms with E-state index in [1.807, 2.05) is 128 Å². The summed E-state index contributed by atoms with van der Waals surface area (Å²) in [5, 5.41) is 2.03. The van der Waals surface area contributed by atoms with Crippen LogP contribution in [0.3, 0.4) is 0 Å². The van der Waals surface area contributed by atoms with Gasteiger partial charge in [-0.2, -0.15) is 8.78 Å². The SMILES string of the molecule is CC1CC(P(=O)(c2ccccc2)c2ccccc2)=CC2=C1C(F)(F)c1ccc(-c3nc(-c4ccccc4)nc(-c4ccccc4)n3)cc12. The molecule has 0 bridgehead atoms. The third-order valence-electron chi connectivity index (χ3n) is 9.20. The van der Waals surface area contributed by atoms with Crippen molar-refractivity contribution in [1.29, 1.82) is 0 Å². The van der Waals surface area contributed by atoms with Crippen LogP contribution in [0.25, 0.3) is 39.7 Å². The molecule has 0 radical (unpaired) electrons. The fourth-order valence-electron chi connectivity index (χ4n) is 6.92. The summed E-state index contributed by atoms with van der Waals surface area (Å²) < 4.78 is 47.9. The summed E-state index contributed by atoms with van der Waals surface area (Å²) >= 11 is 0. The number of hydrogen-bond acceptors (Lipinski definition) is 4. The van der Waals surface area contributed by atoms with Gasteiger partial charge in [-0.1, -0.05) is 140 Å². The Hall–Kier alpha value is -5.32. The van der Waals surface area contributed by atoms with Crippen LogP contribution in [-0.2, 0) is 10.5 Å². The largest absolute Gasteiger partial charge is 0.309 e. The highest BCUT2D eigenvalue weighted by atomic mass is 31.2. The minimum absolute atomic E-state index is 0.0597. The van der Waals surface area contributed by atoms with Crippen molar-refractivity contribution in [3.8, 4) is 34.2 Å². The van der Waals surface area contributed by atoms with Gasteiger partial charge in [0.1, 0.15) is 0 Å². The van der Waals surface area contributed by atoms with Crippen molar-refractivity contribution in [1.82, 2.24) is 15.0 Å². The van der Waals surface area contributed by atoms with Gasteiger partial charge in [0.15, 0.2) is 24.6 Å². The molecule has 0 saturated carbocycles. The molecule has 0 spiro atoms. The zero-order valence-electron chi connectivity index (χ0n) is 26.1. The summed E-state index contributed by atoms with van der Waals surface area (Å²) in [5.74, 6) is -2.33. The van der Waals surface area contributed by atoms with Crippen molar-refractivity contribution in [2.75, 3.05) is 0 Å². The Kier molecular flexibility index (Phi) is 7.34. The topological polar surface area (TPSA) is 55.7 Å². The number of fused-ring (bicyclic) bond motifs is 2. The summed E-state index contributed by atoms with van der Waals surface area (Å²) in [6.07, 6.45) is 2.04. The van der Waals surface area contributed by atoms with E-state index in [0.717, 1.165) is 11.1 Å². The predicted molar refractivity (Wildman–Crippen MR) is 189 cm³/mol. The number of hydrogen-bond donors (Lipinski definition) is 0. The van der Waals surface area contributed by atoms with E-state index >= 15 is 13.3 Å². The molecule has 7 heteroatoms. The lowest BCUT2D eigenvalue weighted by Gasteiger charge is -2.30. The van der Waals surface area contributed by atoms with Crippen LogP contribution in [0.2, 0.25) is 0 Å². The van der Waals surface area contributed by atoms with E-state index in [-0.39, 0.29) is 17.6 Å². The van der Waals surface area contributed by atoms with Crippen molar-refractivity contribution in [2.45, 2.75) is 19.3 Å². The Labute approximate surface area is 278 Å². The first kappa shape index (κ1) is 30.0. The van der Waals surface area contributed by atoms with E-state index in [4.69, 9.17) is 15.0 Å². The highest BCUT2D eigenvalue weighted by Gasteiger charge is 2.50. The van der Waals surface area contributed by atoms with Crippen molar-refractivity contribution < 1.29 is 13.3 Å². The maximum Gasteiger partial charge on any atom is 0.296 e. The van der Waals surface area contributed by atoms with Gasteiger partial charge >= 0.3 is 0 Å². The summed E-state index contributed by atoms with van der Waals surface area (Å²) in [6, 6.07) is 42.9. The number of halogens is 2. The van der Waals surface area contributed by atoms with Crippen LogP contribution in [0.15, 0.2) is 156 Å². The Morgan fingerprint density at radius 3 is 1.58 bits per heavy atom. The molecule has 1 unspecified atom stereocenters. The monoisotopic (exact) mass is 649 g/mol. The van der Waals surface area contributed by atoms with Gasteiger partial charge in [0, 0.05) is 38.4 Å². The molecule has 1 aromatic heterocycles. The van der Waals surface area contributed by atoms with Crippen LogP contribution < -0.4 is 10.6 Å². The normalized spacial score (nSPS) is 16.6. The Bertz CT molecular complexity index is 2170. The molecule has 0 aliphatic heterocycles. The summed E-state index contributed by atoms with van der Waals surface area (Å²) in [7, 11) is -3.34. The molecule has 8 rings (SSSR count). The van der Waals surface area contributed by atoms with E-state index in [1.165, 1.54) is 6.07 Å². The zero-order chi connectivity index (χ0) is 32.9. The van der Waals surface area contributed by atoms with Crippen molar-refractivity contribution in [3.63, 3.8) is 0 Å². The molecule has 1 atom stereocenters. The fourth-order valence-corrected chi connectivity index (χ4v) is 9.91. The van der Waals surface area contributed by atoms with Gasteiger partial charge in [-0.05, 0) is 40.9 Å². The third kappa shape index (κ3) is 4.96. The molecule has 5 aromatic carbocycles. The van der Waals surface area contributed by atoms with Gasteiger partial charge in [0.2, 0.25) is 0 Å². The van der Waals surface area contributed by atoms with E-state index in [1.54, 1.807) is 18.2 Å². The van der Waals surface area contributed by atoms with E-state index in [0.29, 0.717) is 50.1 Å². The Morgan fingerprint density at radius 2 is 1.08 bits per heavy atom. The molecule has 234 valence electrons. The highest BCUT2D eigenvalue weighted by Crippen LogP contribution is 2.62. The molecule has 0 N–H and O–H groups in total. The lowest BCUT2D eigenvalue weighted by molar-refractivity contribution is 0.0320. The van der Waals surface area contributed by atoms with E-state index in [2.05, 4.69) is 0 Å². The average Bonchev–Trinajstić information content (AvgIpc) is 3.38. The maximum absolute atomic E-state index is 16.3. The second kappa shape index (κ2) is 11.7. The minimum atomic E-state index is -3.34. The molecule has 0 amide bonds. The first-order valence-corrected chi connectivity index (χ1v) is 17.6. The summed E-state index contributed by atoms with van der Waals surface area (Å²) in [4.78, 5) is 14.4. The lowest BCUT2D eigenvalue weighted by Crippen LogP contribution is -2.23. The van der Waals surface area contributed by atoms with Crippen molar-refractivity contribution >= 4 is 23.3 Å². The standard InChI is InChI=1S/C41H30F2N3OP/c1-27-24-33(48(47,31-18-10-4-11-19-31)32-20-12-5-13-21-32)26-35-34-25-30(22-23-36(34)41(42,43)37(27)35)40-45-38(28-14-6-2-7-15-28)44-39(46-40)29-16-8-3-9-17-29/h2-23,25-27H,24H2,1H3. The average molecular weight is 650 g/mol. The molecule has 2 aliphatic carbocycles. The van der Waals surface area contributed by atoms with E-state index in [9.17, 15) is 0 Å². The first-order valence-electron chi connectivity index (χ1n) is 15.9. The Morgan fingerprint density at radius 1 is 0.625 bits per heavy atom. The summed E-state index contributed by atoms with van der Waals surface area (Å²) in [6.45, 7) is 1.81. The van der Waals surface area contributed by atoms with Crippen LogP contribution in [-0.4, -0.2) is 15.0 Å². The molecular formula is C41H30F2N3OP. The summed E-state index contributed by atoms with van der Waals surface area (Å²) in [5.41, 5.74) is 3.08.